The molecule has 0 radical (unpaired) electrons. The van der Waals surface area contributed by atoms with E-state index in [1.54, 1.807) is 14.2 Å². The Kier molecular flexibility index (Phi) is 5.03. The Morgan fingerprint density at radius 3 is 2.78 bits per heavy atom. The van der Waals surface area contributed by atoms with Crippen LogP contribution in [0, 0.1) is 0 Å². The van der Waals surface area contributed by atoms with E-state index in [4.69, 9.17) is 9.47 Å². The van der Waals surface area contributed by atoms with Crippen molar-refractivity contribution in [2.75, 3.05) is 32.6 Å². The van der Waals surface area contributed by atoms with E-state index < -0.39 is 0 Å². The highest BCUT2D eigenvalue weighted by Crippen LogP contribution is 2.28. The van der Waals surface area contributed by atoms with Crippen molar-refractivity contribution in [2.24, 2.45) is 0 Å². The molecule has 0 saturated heterocycles. The molecule has 122 valence electrons. The average molecular weight is 312 g/mol. The summed E-state index contributed by atoms with van der Waals surface area (Å²) in [6.07, 6.45) is 2.09. The monoisotopic (exact) mass is 312 g/mol. The molecule has 1 aliphatic heterocycles. The fraction of sp³-hybridized carbons (Fsp3) is 0.368. The van der Waals surface area contributed by atoms with Gasteiger partial charge in [0.1, 0.15) is 0 Å². The fourth-order valence-electron chi connectivity index (χ4n) is 3.05. The summed E-state index contributed by atoms with van der Waals surface area (Å²) >= 11 is 0. The number of methoxy groups -OCH3 is 2. The topological polar surface area (TPSA) is 42.5 Å². The Labute approximate surface area is 137 Å². The van der Waals surface area contributed by atoms with Crippen molar-refractivity contribution in [2.45, 2.75) is 19.4 Å². The molecule has 23 heavy (non-hydrogen) atoms. The largest absolute Gasteiger partial charge is 0.493 e. The van der Waals surface area contributed by atoms with Gasteiger partial charge in [0.15, 0.2) is 11.5 Å². The van der Waals surface area contributed by atoms with Crippen LogP contribution in [0.25, 0.3) is 0 Å². The molecule has 2 aromatic rings. The molecule has 3 rings (SSSR count). The van der Waals surface area contributed by atoms with Gasteiger partial charge >= 0.3 is 0 Å². The molecular formula is C19H24N2O2. The first kappa shape index (κ1) is 15.7. The van der Waals surface area contributed by atoms with Crippen LogP contribution in [0.4, 0.5) is 5.69 Å². The molecule has 0 bridgehead atoms. The van der Waals surface area contributed by atoms with Gasteiger partial charge in [0.2, 0.25) is 0 Å². The molecule has 0 atom stereocenters. The number of rotatable bonds is 7. The molecule has 2 N–H and O–H groups in total. The summed E-state index contributed by atoms with van der Waals surface area (Å²) in [5, 5.41) is 7.02. The van der Waals surface area contributed by atoms with Gasteiger partial charge in [-0.15, -0.1) is 0 Å². The zero-order chi connectivity index (χ0) is 16.1. The SMILES string of the molecule is COc1ccc(CCNCc2cccc3c2NCC3)cc1OC. The van der Waals surface area contributed by atoms with Crippen LogP contribution < -0.4 is 20.1 Å². The fourth-order valence-corrected chi connectivity index (χ4v) is 3.05. The van der Waals surface area contributed by atoms with E-state index >= 15 is 0 Å². The average Bonchev–Trinajstić information content (AvgIpc) is 3.08. The minimum atomic E-state index is 0.773. The van der Waals surface area contributed by atoms with E-state index in [0.717, 1.165) is 44.0 Å². The van der Waals surface area contributed by atoms with Crippen molar-refractivity contribution in [3.8, 4) is 11.5 Å². The lowest BCUT2D eigenvalue weighted by atomic mass is 10.1. The summed E-state index contributed by atoms with van der Waals surface area (Å²) in [5.74, 6) is 1.56. The lowest BCUT2D eigenvalue weighted by Gasteiger charge is -2.11. The van der Waals surface area contributed by atoms with Crippen LogP contribution in [0.15, 0.2) is 36.4 Å². The Bertz CT molecular complexity index is 670. The van der Waals surface area contributed by atoms with E-state index in [1.807, 2.05) is 12.1 Å². The maximum atomic E-state index is 5.35. The Morgan fingerprint density at radius 2 is 1.96 bits per heavy atom. The van der Waals surface area contributed by atoms with Gasteiger partial charge in [-0.3, -0.25) is 0 Å². The minimum Gasteiger partial charge on any atom is -0.493 e. The molecule has 0 fully saturated rings. The number of nitrogens with one attached hydrogen (secondary N) is 2. The van der Waals surface area contributed by atoms with Gasteiger partial charge < -0.3 is 20.1 Å². The number of hydrogen-bond donors (Lipinski definition) is 2. The zero-order valence-electron chi connectivity index (χ0n) is 13.8. The maximum absolute atomic E-state index is 5.35. The third-order valence-corrected chi connectivity index (χ3v) is 4.29. The molecular weight excluding hydrogens is 288 g/mol. The molecule has 1 aliphatic rings. The van der Waals surface area contributed by atoms with Crippen LogP contribution >= 0.6 is 0 Å². The van der Waals surface area contributed by atoms with Crippen molar-refractivity contribution in [3.05, 3.63) is 53.1 Å². The van der Waals surface area contributed by atoms with E-state index in [1.165, 1.54) is 22.4 Å². The van der Waals surface area contributed by atoms with E-state index in [-0.39, 0.29) is 0 Å². The molecule has 2 aromatic carbocycles. The third-order valence-electron chi connectivity index (χ3n) is 4.29. The Balaban J connectivity index is 1.53. The number of hydrogen-bond acceptors (Lipinski definition) is 4. The second-order valence-electron chi connectivity index (χ2n) is 5.74. The molecule has 0 aliphatic carbocycles. The van der Waals surface area contributed by atoms with Gasteiger partial charge in [0.25, 0.3) is 0 Å². The molecule has 4 nitrogen and oxygen atoms in total. The lowest BCUT2D eigenvalue weighted by Crippen LogP contribution is -2.17. The molecule has 0 unspecified atom stereocenters. The van der Waals surface area contributed by atoms with E-state index in [0.29, 0.717) is 0 Å². The van der Waals surface area contributed by atoms with Gasteiger partial charge in [-0.1, -0.05) is 24.3 Å². The van der Waals surface area contributed by atoms with Crippen molar-refractivity contribution in [1.29, 1.82) is 0 Å². The van der Waals surface area contributed by atoms with E-state index in [9.17, 15) is 0 Å². The second kappa shape index (κ2) is 7.38. The highest BCUT2D eigenvalue weighted by Gasteiger charge is 2.12. The number of para-hydroxylation sites is 1. The summed E-state index contributed by atoms with van der Waals surface area (Å²) in [6, 6.07) is 12.6. The standard InChI is InChI=1S/C19H24N2O2/c1-22-17-7-6-14(12-18(17)23-2)8-10-20-13-16-5-3-4-15-9-11-21-19(15)16/h3-7,12,20-21H,8-11,13H2,1-2H3. The van der Waals surface area contributed by atoms with Crippen LogP contribution in [-0.2, 0) is 19.4 Å². The first-order valence-electron chi connectivity index (χ1n) is 8.08. The highest BCUT2D eigenvalue weighted by molar-refractivity contribution is 5.61. The van der Waals surface area contributed by atoms with Gasteiger partial charge in [-0.05, 0) is 48.2 Å². The van der Waals surface area contributed by atoms with Crippen LogP contribution in [0.1, 0.15) is 16.7 Å². The predicted molar refractivity (Wildman–Crippen MR) is 93.6 cm³/mol. The van der Waals surface area contributed by atoms with Crippen LogP contribution in [0.5, 0.6) is 11.5 Å². The number of fused-ring (bicyclic) bond motifs is 1. The molecule has 0 spiro atoms. The second-order valence-corrected chi connectivity index (χ2v) is 5.74. The van der Waals surface area contributed by atoms with Crippen LogP contribution in [0.3, 0.4) is 0 Å². The first-order valence-corrected chi connectivity index (χ1v) is 8.08. The predicted octanol–water partition coefficient (Wildman–Crippen LogP) is 3.00. The highest BCUT2D eigenvalue weighted by atomic mass is 16.5. The smallest absolute Gasteiger partial charge is 0.160 e. The summed E-state index contributed by atoms with van der Waals surface area (Å²) in [5.41, 5.74) is 5.36. The molecule has 1 heterocycles. The molecule has 0 saturated carbocycles. The Hall–Kier alpha value is -2.20. The Morgan fingerprint density at radius 1 is 1.09 bits per heavy atom. The minimum absolute atomic E-state index is 0.773. The molecule has 4 heteroatoms. The zero-order valence-corrected chi connectivity index (χ0v) is 13.8. The summed E-state index contributed by atoms with van der Waals surface area (Å²) in [6.45, 7) is 2.88. The molecule has 0 aromatic heterocycles. The van der Waals surface area contributed by atoms with Crippen molar-refractivity contribution >= 4 is 5.69 Å². The maximum Gasteiger partial charge on any atom is 0.160 e. The van der Waals surface area contributed by atoms with Crippen molar-refractivity contribution < 1.29 is 9.47 Å². The van der Waals surface area contributed by atoms with Crippen molar-refractivity contribution in [1.82, 2.24) is 5.32 Å². The third kappa shape index (κ3) is 3.59. The van der Waals surface area contributed by atoms with Gasteiger partial charge in [-0.25, -0.2) is 0 Å². The number of ether oxygens (including phenoxy) is 2. The van der Waals surface area contributed by atoms with Gasteiger partial charge in [0.05, 0.1) is 14.2 Å². The first-order chi connectivity index (χ1) is 11.3. The van der Waals surface area contributed by atoms with Crippen molar-refractivity contribution in [3.63, 3.8) is 0 Å². The summed E-state index contributed by atoms with van der Waals surface area (Å²) in [4.78, 5) is 0. The molecule has 0 amide bonds. The quantitative estimate of drug-likeness (QED) is 0.771. The van der Waals surface area contributed by atoms with Gasteiger partial charge in [-0.2, -0.15) is 0 Å². The summed E-state index contributed by atoms with van der Waals surface area (Å²) < 4.78 is 10.6. The van der Waals surface area contributed by atoms with E-state index in [2.05, 4.69) is 34.9 Å². The lowest BCUT2D eigenvalue weighted by molar-refractivity contribution is 0.354. The van der Waals surface area contributed by atoms with Gasteiger partial charge in [0, 0.05) is 18.8 Å². The number of benzene rings is 2. The summed E-state index contributed by atoms with van der Waals surface area (Å²) in [7, 11) is 3.33. The normalized spacial score (nSPS) is 12.6. The van der Waals surface area contributed by atoms with Crippen LogP contribution in [-0.4, -0.2) is 27.3 Å². The van der Waals surface area contributed by atoms with Crippen LogP contribution in [0.2, 0.25) is 0 Å². The number of anilines is 1.